The van der Waals surface area contributed by atoms with E-state index < -0.39 is 0 Å². The van der Waals surface area contributed by atoms with Crippen LogP contribution >= 0.6 is 24.0 Å². The highest BCUT2D eigenvalue weighted by Gasteiger charge is 2.18. The summed E-state index contributed by atoms with van der Waals surface area (Å²) in [5, 5.41) is 6.45. The van der Waals surface area contributed by atoms with Crippen molar-refractivity contribution in [1.29, 1.82) is 0 Å². The molecule has 0 atom stereocenters. The Morgan fingerprint density at radius 1 is 1.07 bits per heavy atom. The minimum Gasteiger partial charge on any atom is -0.493 e. The Hall–Kier alpha value is -1.91. The van der Waals surface area contributed by atoms with E-state index in [2.05, 4.69) is 15.6 Å². The molecule has 164 valence electrons. The SMILES string of the molecule is CCNC(=NCC(=O)N1CCCC1)NCCc1ccc(OC)c(OC)c1OC.I. The molecule has 1 aromatic carbocycles. The Morgan fingerprint density at radius 3 is 2.34 bits per heavy atom. The molecule has 1 aromatic rings. The van der Waals surface area contributed by atoms with Gasteiger partial charge in [-0.15, -0.1) is 24.0 Å². The Morgan fingerprint density at radius 2 is 1.76 bits per heavy atom. The fourth-order valence-electron chi connectivity index (χ4n) is 3.23. The Kier molecular flexibility index (Phi) is 11.6. The summed E-state index contributed by atoms with van der Waals surface area (Å²) in [6.45, 7) is 5.21. The maximum atomic E-state index is 12.2. The fraction of sp³-hybridized carbons (Fsp3) is 0.600. The smallest absolute Gasteiger partial charge is 0.244 e. The van der Waals surface area contributed by atoms with Crippen molar-refractivity contribution in [1.82, 2.24) is 15.5 Å². The van der Waals surface area contributed by atoms with Crippen LogP contribution in [0.2, 0.25) is 0 Å². The number of amides is 1. The molecule has 1 aliphatic rings. The standard InChI is InChI=1S/C20H32N4O4.HI/c1-5-21-20(23-14-17(25)24-12-6-7-13-24)22-11-10-15-8-9-16(26-2)19(28-4)18(15)27-3;/h8-9H,5-7,10-14H2,1-4H3,(H2,21,22,23);1H. The predicted molar refractivity (Wildman–Crippen MR) is 125 cm³/mol. The second-order valence-corrected chi connectivity index (χ2v) is 6.45. The molecule has 0 saturated carbocycles. The number of guanidine groups is 1. The highest BCUT2D eigenvalue weighted by molar-refractivity contribution is 14.0. The monoisotopic (exact) mass is 520 g/mol. The first-order valence-electron chi connectivity index (χ1n) is 9.72. The van der Waals surface area contributed by atoms with Crippen molar-refractivity contribution in [3.05, 3.63) is 17.7 Å². The zero-order chi connectivity index (χ0) is 20.4. The maximum Gasteiger partial charge on any atom is 0.244 e. The molecule has 29 heavy (non-hydrogen) atoms. The highest BCUT2D eigenvalue weighted by Crippen LogP contribution is 2.39. The van der Waals surface area contributed by atoms with E-state index >= 15 is 0 Å². The van der Waals surface area contributed by atoms with E-state index in [1.807, 2.05) is 24.0 Å². The summed E-state index contributed by atoms with van der Waals surface area (Å²) in [6, 6.07) is 3.83. The number of rotatable bonds is 9. The van der Waals surface area contributed by atoms with Gasteiger partial charge in [0.2, 0.25) is 11.7 Å². The van der Waals surface area contributed by atoms with Gasteiger partial charge in [-0.2, -0.15) is 0 Å². The maximum absolute atomic E-state index is 12.2. The van der Waals surface area contributed by atoms with Gasteiger partial charge in [0.25, 0.3) is 0 Å². The fourth-order valence-corrected chi connectivity index (χ4v) is 3.23. The molecule has 0 radical (unpaired) electrons. The molecule has 0 spiro atoms. The average Bonchev–Trinajstić information content (AvgIpc) is 3.26. The lowest BCUT2D eigenvalue weighted by atomic mass is 10.1. The number of likely N-dealkylation sites (tertiary alicyclic amines) is 1. The molecule has 1 amide bonds. The van der Waals surface area contributed by atoms with Gasteiger partial charge in [0.15, 0.2) is 17.5 Å². The first kappa shape index (κ1) is 25.1. The molecule has 0 aliphatic carbocycles. The van der Waals surface area contributed by atoms with Crippen molar-refractivity contribution in [3.63, 3.8) is 0 Å². The highest BCUT2D eigenvalue weighted by atomic mass is 127. The van der Waals surface area contributed by atoms with Crippen LogP contribution in [0.5, 0.6) is 17.2 Å². The predicted octanol–water partition coefficient (Wildman–Crippen LogP) is 2.05. The van der Waals surface area contributed by atoms with Crippen LogP contribution in [0.4, 0.5) is 0 Å². The molecule has 0 aromatic heterocycles. The lowest BCUT2D eigenvalue weighted by Gasteiger charge is -2.17. The number of methoxy groups -OCH3 is 3. The zero-order valence-electron chi connectivity index (χ0n) is 17.7. The van der Waals surface area contributed by atoms with Gasteiger partial charge in [0, 0.05) is 31.7 Å². The van der Waals surface area contributed by atoms with Crippen LogP contribution < -0.4 is 24.8 Å². The average molecular weight is 520 g/mol. The van der Waals surface area contributed by atoms with Crippen molar-refractivity contribution in [2.75, 3.05) is 54.1 Å². The molecule has 1 fully saturated rings. The van der Waals surface area contributed by atoms with Crippen LogP contribution in [-0.2, 0) is 11.2 Å². The number of carbonyl (C=O) groups excluding carboxylic acids is 1. The van der Waals surface area contributed by atoms with E-state index in [0.717, 1.165) is 38.0 Å². The van der Waals surface area contributed by atoms with Crippen molar-refractivity contribution in [2.24, 2.45) is 4.99 Å². The number of halogens is 1. The number of nitrogens with one attached hydrogen (secondary N) is 2. The summed E-state index contributed by atoms with van der Waals surface area (Å²) >= 11 is 0. The number of hydrogen-bond donors (Lipinski definition) is 2. The third kappa shape index (κ3) is 7.13. The minimum absolute atomic E-state index is 0. The Labute approximate surface area is 190 Å². The van der Waals surface area contributed by atoms with Crippen LogP contribution in [0, 0.1) is 0 Å². The summed E-state index contributed by atoms with van der Waals surface area (Å²) in [6.07, 6.45) is 2.87. The number of aliphatic imine (C=N–C) groups is 1. The third-order valence-electron chi connectivity index (χ3n) is 4.65. The number of ether oxygens (including phenoxy) is 3. The first-order valence-corrected chi connectivity index (χ1v) is 9.72. The lowest BCUT2D eigenvalue weighted by Crippen LogP contribution is -2.39. The van der Waals surface area contributed by atoms with E-state index in [9.17, 15) is 4.79 Å². The van der Waals surface area contributed by atoms with Crippen LogP contribution in [0.25, 0.3) is 0 Å². The molecule has 0 unspecified atom stereocenters. The molecule has 1 saturated heterocycles. The van der Waals surface area contributed by atoms with E-state index in [4.69, 9.17) is 14.2 Å². The van der Waals surface area contributed by atoms with Crippen LogP contribution in [0.15, 0.2) is 17.1 Å². The summed E-state index contributed by atoms with van der Waals surface area (Å²) in [7, 11) is 4.81. The van der Waals surface area contributed by atoms with Crippen molar-refractivity contribution >= 4 is 35.8 Å². The van der Waals surface area contributed by atoms with Crippen LogP contribution in [0.1, 0.15) is 25.3 Å². The van der Waals surface area contributed by atoms with Gasteiger partial charge < -0.3 is 29.7 Å². The van der Waals surface area contributed by atoms with E-state index in [1.165, 1.54) is 0 Å². The minimum atomic E-state index is 0. The molecule has 2 rings (SSSR count). The summed E-state index contributed by atoms with van der Waals surface area (Å²) in [5.41, 5.74) is 0.997. The molecule has 0 bridgehead atoms. The molecule has 1 aliphatic heterocycles. The van der Waals surface area contributed by atoms with E-state index in [-0.39, 0.29) is 36.4 Å². The number of nitrogens with zero attached hydrogens (tertiary/aromatic N) is 2. The van der Waals surface area contributed by atoms with Gasteiger partial charge in [-0.25, -0.2) is 4.99 Å². The summed E-state index contributed by atoms with van der Waals surface area (Å²) in [4.78, 5) is 18.5. The lowest BCUT2D eigenvalue weighted by molar-refractivity contribution is -0.128. The first-order chi connectivity index (χ1) is 13.6. The number of hydrogen-bond acceptors (Lipinski definition) is 5. The molecular formula is C20H33IN4O4. The Bertz CT molecular complexity index is 679. The van der Waals surface area contributed by atoms with Gasteiger partial charge >= 0.3 is 0 Å². The van der Waals surface area contributed by atoms with Crippen LogP contribution in [-0.4, -0.2) is 70.8 Å². The zero-order valence-corrected chi connectivity index (χ0v) is 20.1. The molecule has 8 nitrogen and oxygen atoms in total. The van der Waals surface area contributed by atoms with Gasteiger partial charge in [-0.05, 0) is 32.3 Å². The summed E-state index contributed by atoms with van der Waals surface area (Å²) in [5.74, 6) is 2.59. The topological polar surface area (TPSA) is 84.4 Å². The van der Waals surface area contributed by atoms with Crippen LogP contribution in [0.3, 0.4) is 0 Å². The van der Waals surface area contributed by atoms with Crippen molar-refractivity contribution < 1.29 is 19.0 Å². The molecule has 2 N–H and O–H groups in total. The largest absolute Gasteiger partial charge is 0.493 e. The second kappa shape index (κ2) is 13.3. The normalized spacial score (nSPS) is 13.5. The van der Waals surface area contributed by atoms with Gasteiger partial charge in [-0.3, -0.25) is 4.79 Å². The van der Waals surface area contributed by atoms with E-state index in [1.54, 1.807) is 21.3 Å². The quantitative estimate of drug-likeness (QED) is 0.295. The van der Waals surface area contributed by atoms with Gasteiger partial charge in [-0.1, -0.05) is 6.07 Å². The third-order valence-corrected chi connectivity index (χ3v) is 4.65. The number of carbonyl (C=O) groups is 1. The van der Waals surface area contributed by atoms with Gasteiger partial charge in [0.05, 0.1) is 21.3 Å². The van der Waals surface area contributed by atoms with Crippen molar-refractivity contribution in [2.45, 2.75) is 26.2 Å². The molecule has 1 heterocycles. The summed E-state index contributed by atoms with van der Waals surface area (Å²) < 4.78 is 16.3. The molecule has 9 heteroatoms. The van der Waals surface area contributed by atoms with Crippen molar-refractivity contribution in [3.8, 4) is 17.2 Å². The van der Waals surface area contributed by atoms with E-state index in [0.29, 0.717) is 36.2 Å². The molecular weight excluding hydrogens is 487 g/mol. The Balaban J connectivity index is 0.00000420. The van der Waals surface area contributed by atoms with Gasteiger partial charge in [0.1, 0.15) is 6.54 Å². The second-order valence-electron chi connectivity index (χ2n) is 6.45. The number of benzene rings is 1.